The molecule has 1 aliphatic heterocycles. The quantitative estimate of drug-likeness (QED) is 0.819. The van der Waals surface area contributed by atoms with Gasteiger partial charge < -0.3 is 4.90 Å². The van der Waals surface area contributed by atoms with E-state index in [0.717, 1.165) is 50.7 Å². The summed E-state index contributed by atoms with van der Waals surface area (Å²) in [5.74, 6) is 1.01. The van der Waals surface area contributed by atoms with Gasteiger partial charge in [-0.3, -0.25) is 9.62 Å². The van der Waals surface area contributed by atoms with Crippen LogP contribution in [0.3, 0.4) is 0 Å². The summed E-state index contributed by atoms with van der Waals surface area (Å²) in [4.78, 5) is 9.06. The normalized spacial score (nSPS) is 15.9. The van der Waals surface area contributed by atoms with Gasteiger partial charge in [-0.2, -0.15) is 0 Å². The van der Waals surface area contributed by atoms with Crippen LogP contribution in [-0.2, 0) is 10.0 Å². The summed E-state index contributed by atoms with van der Waals surface area (Å²) >= 11 is 0. The first kappa shape index (κ1) is 19.6. The lowest BCUT2D eigenvalue weighted by molar-refractivity contribution is 0.231. The molecule has 1 aliphatic rings. The molecule has 0 spiro atoms. The van der Waals surface area contributed by atoms with E-state index in [0.29, 0.717) is 11.6 Å². The molecule has 0 atom stereocenters. The van der Waals surface area contributed by atoms with E-state index in [9.17, 15) is 12.8 Å². The standard InChI is InChI=1S/C19H25FN4O2S/c1-15(2)14-23-9-11-24(12-10-23)19-8-5-17(13-21-19)22-27(25,26)18-6-3-16(20)4-7-18/h3-8,13,15,22H,9-12,14H2,1-2H3. The summed E-state index contributed by atoms with van der Waals surface area (Å²) < 4.78 is 40.1. The Morgan fingerprint density at radius 3 is 2.30 bits per heavy atom. The number of rotatable bonds is 6. The monoisotopic (exact) mass is 392 g/mol. The maximum absolute atomic E-state index is 13.0. The van der Waals surface area contributed by atoms with Crippen LogP contribution in [0.15, 0.2) is 47.5 Å². The summed E-state index contributed by atoms with van der Waals surface area (Å²) in [7, 11) is -3.76. The SMILES string of the molecule is CC(C)CN1CCN(c2ccc(NS(=O)(=O)c3ccc(F)cc3)cn2)CC1. The average molecular weight is 393 g/mol. The Kier molecular flexibility index (Phi) is 5.96. The Morgan fingerprint density at radius 2 is 1.74 bits per heavy atom. The van der Waals surface area contributed by atoms with Crippen molar-refractivity contribution in [1.82, 2.24) is 9.88 Å². The Labute approximate surface area is 160 Å². The summed E-state index contributed by atoms with van der Waals surface area (Å²) in [5.41, 5.74) is 0.376. The number of pyridine rings is 1. The molecule has 27 heavy (non-hydrogen) atoms. The highest BCUT2D eigenvalue weighted by molar-refractivity contribution is 7.92. The molecule has 2 heterocycles. The van der Waals surface area contributed by atoms with Crippen LogP contribution in [0.4, 0.5) is 15.9 Å². The minimum absolute atomic E-state index is 0.00857. The first-order valence-corrected chi connectivity index (χ1v) is 10.5. The molecule has 3 rings (SSSR count). The maximum atomic E-state index is 13.0. The highest BCUT2D eigenvalue weighted by Gasteiger charge is 2.19. The molecule has 1 N–H and O–H groups in total. The third-order valence-electron chi connectivity index (χ3n) is 4.44. The van der Waals surface area contributed by atoms with Gasteiger partial charge in [0.25, 0.3) is 10.0 Å². The Bertz CT molecular complexity index is 846. The molecule has 146 valence electrons. The number of hydrogen-bond acceptors (Lipinski definition) is 5. The lowest BCUT2D eigenvalue weighted by Gasteiger charge is -2.36. The van der Waals surface area contributed by atoms with E-state index in [1.54, 1.807) is 6.07 Å². The van der Waals surface area contributed by atoms with Crippen LogP contribution >= 0.6 is 0 Å². The number of anilines is 2. The minimum atomic E-state index is -3.76. The van der Waals surface area contributed by atoms with Gasteiger partial charge >= 0.3 is 0 Å². The number of hydrogen-bond donors (Lipinski definition) is 1. The number of aromatic nitrogens is 1. The van der Waals surface area contributed by atoms with Crippen molar-refractivity contribution >= 4 is 21.5 Å². The fourth-order valence-corrected chi connectivity index (χ4v) is 4.18. The summed E-state index contributed by atoms with van der Waals surface area (Å²) in [6.07, 6.45) is 1.51. The van der Waals surface area contributed by atoms with E-state index in [1.807, 2.05) is 6.07 Å². The summed E-state index contributed by atoms with van der Waals surface area (Å²) in [6.45, 7) is 9.35. The molecule has 6 nitrogen and oxygen atoms in total. The van der Waals surface area contributed by atoms with Crippen molar-refractivity contribution in [3.05, 3.63) is 48.4 Å². The second-order valence-corrected chi connectivity index (χ2v) is 8.83. The van der Waals surface area contributed by atoms with Crippen LogP contribution in [0.1, 0.15) is 13.8 Å². The van der Waals surface area contributed by atoms with E-state index < -0.39 is 15.8 Å². The molecule has 0 bridgehead atoms. The predicted octanol–water partition coefficient (Wildman–Crippen LogP) is 2.80. The first-order chi connectivity index (χ1) is 12.8. The fraction of sp³-hybridized carbons (Fsp3) is 0.421. The van der Waals surface area contributed by atoms with Gasteiger partial charge in [0.15, 0.2) is 0 Å². The second kappa shape index (κ2) is 8.22. The highest BCUT2D eigenvalue weighted by atomic mass is 32.2. The topological polar surface area (TPSA) is 65.5 Å². The van der Waals surface area contributed by atoms with Crippen molar-refractivity contribution in [2.45, 2.75) is 18.7 Å². The van der Waals surface area contributed by atoms with Crippen LogP contribution in [0, 0.1) is 11.7 Å². The summed E-state index contributed by atoms with van der Waals surface area (Å²) in [5, 5.41) is 0. The van der Waals surface area contributed by atoms with Gasteiger partial charge in [-0.15, -0.1) is 0 Å². The smallest absolute Gasteiger partial charge is 0.261 e. The molecule has 0 radical (unpaired) electrons. The third kappa shape index (κ3) is 5.17. The molecular weight excluding hydrogens is 367 g/mol. The van der Waals surface area contributed by atoms with Crippen molar-refractivity contribution in [3.8, 4) is 0 Å². The maximum Gasteiger partial charge on any atom is 0.261 e. The average Bonchev–Trinajstić information content (AvgIpc) is 2.63. The van der Waals surface area contributed by atoms with Crippen LogP contribution in [0.2, 0.25) is 0 Å². The van der Waals surface area contributed by atoms with Crippen molar-refractivity contribution in [1.29, 1.82) is 0 Å². The van der Waals surface area contributed by atoms with Gasteiger partial charge in [0, 0.05) is 32.7 Å². The summed E-state index contributed by atoms with van der Waals surface area (Å²) in [6, 6.07) is 8.22. The van der Waals surface area contributed by atoms with Crippen LogP contribution < -0.4 is 9.62 Å². The van der Waals surface area contributed by atoms with Gasteiger partial charge in [0.05, 0.1) is 16.8 Å². The molecule has 1 saturated heterocycles. The predicted molar refractivity (Wildman–Crippen MR) is 105 cm³/mol. The lowest BCUT2D eigenvalue weighted by Crippen LogP contribution is -2.47. The van der Waals surface area contributed by atoms with Gasteiger partial charge in [-0.05, 0) is 42.3 Å². The van der Waals surface area contributed by atoms with Gasteiger partial charge in [-0.25, -0.2) is 17.8 Å². The van der Waals surface area contributed by atoms with E-state index in [1.165, 1.54) is 18.3 Å². The van der Waals surface area contributed by atoms with Gasteiger partial charge in [0.1, 0.15) is 11.6 Å². The molecule has 0 unspecified atom stereocenters. The van der Waals surface area contributed by atoms with Crippen molar-refractivity contribution in [2.75, 3.05) is 42.3 Å². The Morgan fingerprint density at radius 1 is 1.07 bits per heavy atom. The molecule has 1 fully saturated rings. The minimum Gasteiger partial charge on any atom is -0.354 e. The molecule has 8 heteroatoms. The Hall–Kier alpha value is -2.19. The molecule has 0 aliphatic carbocycles. The Balaban J connectivity index is 1.61. The fourth-order valence-electron chi connectivity index (χ4n) is 3.14. The first-order valence-electron chi connectivity index (χ1n) is 9.05. The molecule has 0 amide bonds. The number of sulfonamides is 1. The zero-order valence-electron chi connectivity index (χ0n) is 15.6. The van der Waals surface area contributed by atoms with Crippen molar-refractivity contribution in [2.24, 2.45) is 5.92 Å². The molecule has 1 aromatic carbocycles. The zero-order valence-corrected chi connectivity index (χ0v) is 16.4. The van der Waals surface area contributed by atoms with E-state index in [4.69, 9.17) is 0 Å². The van der Waals surface area contributed by atoms with E-state index in [-0.39, 0.29) is 4.90 Å². The molecule has 2 aromatic rings. The lowest BCUT2D eigenvalue weighted by atomic mass is 10.2. The number of piperazine rings is 1. The van der Waals surface area contributed by atoms with Crippen molar-refractivity contribution < 1.29 is 12.8 Å². The highest BCUT2D eigenvalue weighted by Crippen LogP contribution is 2.19. The molecule has 0 saturated carbocycles. The van der Waals surface area contributed by atoms with E-state index >= 15 is 0 Å². The third-order valence-corrected chi connectivity index (χ3v) is 5.84. The van der Waals surface area contributed by atoms with Crippen molar-refractivity contribution in [3.63, 3.8) is 0 Å². The van der Waals surface area contributed by atoms with Gasteiger partial charge in [-0.1, -0.05) is 13.8 Å². The van der Waals surface area contributed by atoms with Crippen LogP contribution in [0.5, 0.6) is 0 Å². The number of benzene rings is 1. The van der Waals surface area contributed by atoms with Crippen LogP contribution in [0.25, 0.3) is 0 Å². The van der Waals surface area contributed by atoms with E-state index in [2.05, 4.69) is 33.4 Å². The molecular formula is C19H25FN4O2S. The zero-order chi connectivity index (χ0) is 19.4. The van der Waals surface area contributed by atoms with Gasteiger partial charge in [0.2, 0.25) is 0 Å². The van der Waals surface area contributed by atoms with Crippen LogP contribution in [-0.4, -0.2) is 51.0 Å². The number of nitrogens with one attached hydrogen (secondary N) is 1. The largest absolute Gasteiger partial charge is 0.354 e. The second-order valence-electron chi connectivity index (χ2n) is 7.15. The number of nitrogens with zero attached hydrogens (tertiary/aromatic N) is 3. The number of halogens is 1. The molecule has 1 aromatic heterocycles.